The van der Waals surface area contributed by atoms with Crippen LogP contribution < -0.4 is 10.2 Å². The zero-order chi connectivity index (χ0) is 21.1. The first kappa shape index (κ1) is 20.3. The minimum Gasteiger partial charge on any atom is -0.356 e. The fourth-order valence-corrected chi connectivity index (χ4v) is 3.95. The molecule has 0 saturated carbocycles. The van der Waals surface area contributed by atoms with E-state index in [1.165, 1.54) is 0 Å². The van der Waals surface area contributed by atoms with Crippen molar-refractivity contribution in [2.75, 3.05) is 18.0 Å². The van der Waals surface area contributed by atoms with E-state index in [1.807, 2.05) is 54.9 Å². The Morgan fingerprint density at radius 3 is 2.67 bits per heavy atom. The molecule has 2 aromatic heterocycles. The van der Waals surface area contributed by atoms with Gasteiger partial charge in [0.2, 0.25) is 5.91 Å². The zero-order valence-corrected chi connectivity index (χ0v) is 17.9. The highest BCUT2D eigenvalue weighted by Gasteiger charge is 2.26. The Kier molecular flexibility index (Phi) is 5.99. The van der Waals surface area contributed by atoms with Crippen LogP contribution in [0.5, 0.6) is 0 Å². The number of nitrogens with zero attached hydrogens (tertiary/aromatic N) is 5. The summed E-state index contributed by atoms with van der Waals surface area (Å²) in [6.07, 6.45) is 3.38. The molecule has 1 unspecified atom stereocenters. The van der Waals surface area contributed by atoms with E-state index in [0.29, 0.717) is 18.1 Å². The van der Waals surface area contributed by atoms with Crippen LogP contribution in [0.2, 0.25) is 5.02 Å². The molecule has 1 N–H and O–H groups in total. The Bertz CT molecular complexity index is 1030. The number of hydrogen-bond donors (Lipinski definition) is 1. The van der Waals surface area contributed by atoms with Crippen LogP contribution >= 0.6 is 11.6 Å². The van der Waals surface area contributed by atoms with Gasteiger partial charge in [-0.2, -0.15) is 5.10 Å². The van der Waals surface area contributed by atoms with E-state index in [-0.39, 0.29) is 11.8 Å². The molecule has 1 amide bonds. The number of carbonyl (C=O) groups is 1. The number of nitrogens with one attached hydrogen (secondary N) is 1. The number of rotatable bonds is 5. The summed E-state index contributed by atoms with van der Waals surface area (Å²) in [6.45, 7) is 5.98. The van der Waals surface area contributed by atoms with Gasteiger partial charge in [-0.25, -0.2) is 14.6 Å². The molecule has 30 heavy (non-hydrogen) atoms. The van der Waals surface area contributed by atoms with E-state index in [4.69, 9.17) is 11.6 Å². The lowest BCUT2D eigenvalue weighted by Gasteiger charge is -2.33. The van der Waals surface area contributed by atoms with Gasteiger partial charge in [-0.3, -0.25) is 4.79 Å². The highest BCUT2D eigenvalue weighted by molar-refractivity contribution is 6.30. The molecule has 1 fully saturated rings. The van der Waals surface area contributed by atoms with Crippen LogP contribution in [-0.2, 0) is 11.3 Å². The summed E-state index contributed by atoms with van der Waals surface area (Å²) in [7, 11) is 0. The van der Waals surface area contributed by atoms with Gasteiger partial charge in [0.25, 0.3) is 0 Å². The van der Waals surface area contributed by atoms with Gasteiger partial charge >= 0.3 is 0 Å². The molecule has 3 aromatic rings. The molecular formula is C22H25ClN6O. The first-order valence-electron chi connectivity index (χ1n) is 10.1. The molecular weight excluding hydrogens is 400 g/mol. The van der Waals surface area contributed by atoms with Gasteiger partial charge in [-0.15, -0.1) is 0 Å². The third kappa shape index (κ3) is 4.62. The van der Waals surface area contributed by atoms with E-state index in [1.54, 1.807) is 6.33 Å². The number of anilines is 1. The van der Waals surface area contributed by atoms with Gasteiger partial charge in [-0.05, 0) is 50.5 Å². The average molecular weight is 425 g/mol. The standard InChI is InChI=1S/C22H25ClN6O/c1-15-10-16(2)29(27-15)21-11-20(25-14-26-21)28-9-3-4-18(13-28)22(30)24-12-17-5-7-19(23)8-6-17/h5-8,10-11,14,18H,3-4,9,12-13H2,1-2H3,(H,24,30). The van der Waals surface area contributed by atoms with E-state index in [2.05, 4.69) is 25.3 Å². The molecule has 0 spiro atoms. The second-order valence-electron chi connectivity index (χ2n) is 7.70. The lowest BCUT2D eigenvalue weighted by Crippen LogP contribution is -2.43. The maximum Gasteiger partial charge on any atom is 0.225 e. The van der Waals surface area contributed by atoms with Crippen molar-refractivity contribution < 1.29 is 4.79 Å². The number of piperidine rings is 1. The number of halogens is 1. The van der Waals surface area contributed by atoms with Crippen LogP contribution in [0.4, 0.5) is 5.82 Å². The lowest BCUT2D eigenvalue weighted by atomic mass is 9.97. The third-order valence-corrected chi connectivity index (χ3v) is 5.61. The van der Waals surface area contributed by atoms with Gasteiger partial charge in [0, 0.05) is 36.4 Å². The molecule has 1 aromatic carbocycles. The monoisotopic (exact) mass is 424 g/mol. The number of amides is 1. The molecule has 8 heteroatoms. The van der Waals surface area contributed by atoms with Crippen molar-refractivity contribution in [1.82, 2.24) is 25.1 Å². The summed E-state index contributed by atoms with van der Waals surface area (Å²) in [5.41, 5.74) is 3.00. The predicted octanol–water partition coefficient (Wildman–Crippen LogP) is 3.47. The minimum atomic E-state index is -0.0712. The molecule has 0 radical (unpaired) electrons. The molecule has 3 heterocycles. The predicted molar refractivity (Wildman–Crippen MR) is 117 cm³/mol. The smallest absolute Gasteiger partial charge is 0.225 e. The first-order valence-corrected chi connectivity index (χ1v) is 10.5. The number of aryl methyl sites for hydroxylation is 2. The van der Waals surface area contributed by atoms with Crippen molar-refractivity contribution in [3.05, 3.63) is 64.7 Å². The van der Waals surface area contributed by atoms with Crippen molar-refractivity contribution in [3.63, 3.8) is 0 Å². The van der Waals surface area contributed by atoms with Crippen LogP contribution in [-0.4, -0.2) is 38.7 Å². The van der Waals surface area contributed by atoms with E-state index in [0.717, 1.165) is 48.0 Å². The van der Waals surface area contributed by atoms with E-state index >= 15 is 0 Å². The molecule has 7 nitrogen and oxygen atoms in total. The van der Waals surface area contributed by atoms with E-state index < -0.39 is 0 Å². The van der Waals surface area contributed by atoms with Gasteiger partial charge in [0.1, 0.15) is 12.1 Å². The Hall–Kier alpha value is -2.93. The molecule has 1 aliphatic heterocycles. The third-order valence-electron chi connectivity index (χ3n) is 5.36. The first-order chi connectivity index (χ1) is 14.5. The van der Waals surface area contributed by atoms with Gasteiger partial charge in [0.15, 0.2) is 5.82 Å². The zero-order valence-electron chi connectivity index (χ0n) is 17.2. The van der Waals surface area contributed by atoms with Crippen molar-refractivity contribution in [3.8, 4) is 5.82 Å². The largest absolute Gasteiger partial charge is 0.356 e. The second-order valence-corrected chi connectivity index (χ2v) is 8.14. The second kappa shape index (κ2) is 8.83. The maximum absolute atomic E-state index is 12.7. The highest BCUT2D eigenvalue weighted by Crippen LogP contribution is 2.23. The van der Waals surface area contributed by atoms with Crippen LogP contribution in [0.25, 0.3) is 5.82 Å². The van der Waals surface area contributed by atoms with Gasteiger partial charge < -0.3 is 10.2 Å². The maximum atomic E-state index is 12.7. The van der Waals surface area contributed by atoms with E-state index in [9.17, 15) is 4.79 Å². The topological polar surface area (TPSA) is 75.9 Å². The number of aromatic nitrogens is 4. The minimum absolute atomic E-state index is 0.0712. The Morgan fingerprint density at radius 2 is 1.93 bits per heavy atom. The lowest BCUT2D eigenvalue weighted by molar-refractivity contribution is -0.125. The molecule has 1 atom stereocenters. The highest BCUT2D eigenvalue weighted by atomic mass is 35.5. The Balaban J connectivity index is 1.42. The normalized spacial score (nSPS) is 16.5. The fraction of sp³-hybridized carbons (Fsp3) is 0.364. The summed E-state index contributed by atoms with van der Waals surface area (Å²) in [4.78, 5) is 23.7. The van der Waals surface area contributed by atoms with Crippen LogP contribution in [0.15, 0.2) is 42.7 Å². The van der Waals surface area contributed by atoms with Gasteiger partial charge in [-0.1, -0.05) is 23.7 Å². The summed E-state index contributed by atoms with van der Waals surface area (Å²) >= 11 is 5.92. The summed E-state index contributed by atoms with van der Waals surface area (Å²) in [6, 6.07) is 11.5. The molecule has 0 bridgehead atoms. The summed E-state index contributed by atoms with van der Waals surface area (Å²) in [5, 5.41) is 8.25. The molecule has 1 saturated heterocycles. The van der Waals surface area contributed by atoms with Crippen molar-refractivity contribution in [2.45, 2.75) is 33.2 Å². The quantitative estimate of drug-likeness (QED) is 0.678. The average Bonchev–Trinajstić information content (AvgIpc) is 3.11. The molecule has 0 aliphatic carbocycles. The number of benzene rings is 1. The van der Waals surface area contributed by atoms with Gasteiger partial charge in [0.05, 0.1) is 11.6 Å². The molecule has 4 rings (SSSR count). The van der Waals surface area contributed by atoms with Crippen molar-refractivity contribution in [1.29, 1.82) is 0 Å². The number of carbonyl (C=O) groups excluding carboxylic acids is 1. The Labute approximate surface area is 181 Å². The summed E-state index contributed by atoms with van der Waals surface area (Å²) < 4.78 is 1.82. The van der Waals surface area contributed by atoms with Crippen LogP contribution in [0.3, 0.4) is 0 Å². The SMILES string of the molecule is Cc1cc(C)n(-c2cc(N3CCCC(C(=O)NCc4ccc(Cl)cc4)C3)ncn2)n1. The Morgan fingerprint density at radius 1 is 1.17 bits per heavy atom. The molecule has 1 aliphatic rings. The van der Waals surface area contributed by atoms with Crippen molar-refractivity contribution in [2.24, 2.45) is 5.92 Å². The fourth-order valence-electron chi connectivity index (χ4n) is 3.82. The van der Waals surface area contributed by atoms with Crippen LogP contribution in [0, 0.1) is 19.8 Å². The summed E-state index contributed by atoms with van der Waals surface area (Å²) in [5.74, 6) is 1.56. The molecule has 156 valence electrons. The number of hydrogen-bond acceptors (Lipinski definition) is 5. The van der Waals surface area contributed by atoms with Crippen molar-refractivity contribution >= 4 is 23.3 Å². The van der Waals surface area contributed by atoms with Crippen LogP contribution in [0.1, 0.15) is 29.8 Å².